The molecule has 0 N–H and O–H groups in total. The monoisotopic (exact) mass is 850 g/mol. The summed E-state index contributed by atoms with van der Waals surface area (Å²) in [6, 6.07) is 24.6. The van der Waals surface area contributed by atoms with Crippen molar-refractivity contribution in [3.8, 4) is 40.1 Å². The highest BCUT2D eigenvalue weighted by atomic mass is 32.1. The first-order chi connectivity index (χ1) is 38.4. The van der Waals surface area contributed by atoms with E-state index in [1.807, 2.05) is 109 Å². The van der Waals surface area contributed by atoms with E-state index in [0.717, 1.165) is 56.7 Å². The largest absolute Gasteiger partial charge is 0.308 e. The van der Waals surface area contributed by atoms with Crippen molar-refractivity contribution >= 4 is 96.9 Å². The molecule has 14 rings (SSSR count). The molecule has 0 bridgehead atoms. The normalized spacial score (nSPS) is 15.6. The van der Waals surface area contributed by atoms with Gasteiger partial charge in [0.1, 0.15) is 0 Å². The van der Waals surface area contributed by atoms with E-state index in [-0.39, 0.29) is 49.4 Å². The smallest absolute Gasteiger partial charge is 0.240 e. The van der Waals surface area contributed by atoms with Gasteiger partial charge in [0, 0.05) is 52.5 Å². The van der Waals surface area contributed by atoms with Crippen molar-refractivity contribution < 1.29 is 21.9 Å². The van der Waals surface area contributed by atoms with Gasteiger partial charge in [-0.05, 0) is 65.6 Å². The van der Waals surface area contributed by atoms with E-state index in [2.05, 4.69) is 4.57 Å². The molecule has 7 heteroatoms. The zero-order valence-corrected chi connectivity index (χ0v) is 33.8. The summed E-state index contributed by atoms with van der Waals surface area (Å²) in [7, 11) is 0. The lowest BCUT2D eigenvalue weighted by Gasteiger charge is -2.19. The average Bonchev–Trinajstić information content (AvgIpc) is 4.38. The lowest BCUT2D eigenvalue weighted by Crippen LogP contribution is -2.11. The number of hydrogen-bond acceptors (Lipinski definition) is 4. The van der Waals surface area contributed by atoms with Gasteiger partial charge in [0.05, 0.1) is 66.3 Å². The second kappa shape index (κ2) is 13.6. The summed E-state index contributed by atoms with van der Waals surface area (Å²) in [6.45, 7) is 0. The maximum Gasteiger partial charge on any atom is 0.240 e. The summed E-state index contributed by atoms with van der Waals surface area (Å²) in [5.41, 5.74) is 2.37. The molecule has 0 aliphatic heterocycles. The van der Waals surface area contributed by atoms with Gasteiger partial charge in [-0.1, -0.05) is 151 Å². The van der Waals surface area contributed by atoms with Gasteiger partial charge >= 0.3 is 0 Å². The van der Waals surface area contributed by atoms with Gasteiger partial charge in [0.2, 0.25) is 11.9 Å². The maximum absolute atomic E-state index is 9.49. The highest BCUT2D eigenvalue weighted by Crippen LogP contribution is 2.46. The highest BCUT2D eigenvalue weighted by molar-refractivity contribution is 7.25. The molecule has 5 heterocycles. The van der Waals surface area contributed by atoms with Crippen LogP contribution < -0.4 is 0 Å². The van der Waals surface area contributed by atoms with Crippen LogP contribution in [0.4, 0.5) is 0 Å². The Balaban J connectivity index is 1.26. The third kappa shape index (κ3) is 4.98. The lowest BCUT2D eigenvalue weighted by atomic mass is 9.93. The molecule has 0 atom stereocenters. The number of fused-ring (bicyclic) bond motifs is 12. The molecule has 0 unspecified atom stereocenters. The lowest BCUT2D eigenvalue weighted by molar-refractivity contribution is 0.892. The fourth-order valence-electron chi connectivity index (χ4n) is 9.27. The molecule has 9 aromatic carbocycles. The topological polar surface area (TPSA) is 53.5 Å². The van der Waals surface area contributed by atoms with Crippen LogP contribution in [0.5, 0.6) is 0 Å². The highest BCUT2D eigenvalue weighted by Gasteiger charge is 2.26. The Morgan fingerprint density at radius 3 is 1.38 bits per heavy atom. The average molecular weight is 851 g/mol. The molecule has 64 heavy (non-hydrogen) atoms. The fourth-order valence-corrected chi connectivity index (χ4v) is 10.4. The SMILES string of the molecule is [2H]c1c([2H])c([2H])c2c(c1[2H])c1c([2H])c([2H])c([2H])c([2H])c1n2-c1nc(-c2c(-c3cccc4sc5ccccc5c34)cccc2-n2c3ccccc3c3ccccc32)nc(-n2c3c([2H])c([2H])c([2H])c([2H])c3c3c([2H])c([2H])c([2H])c([2H])c32)n1. The van der Waals surface area contributed by atoms with Crippen LogP contribution in [0.3, 0.4) is 0 Å². The van der Waals surface area contributed by atoms with E-state index in [0.29, 0.717) is 16.8 Å². The Kier molecular flexibility index (Phi) is 4.91. The molecular formula is C57H34N6S. The Labute approximate surface area is 392 Å². The van der Waals surface area contributed by atoms with Crippen molar-refractivity contribution in [1.82, 2.24) is 28.7 Å². The molecule has 14 aromatic rings. The Morgan fingerprint density at radius 1 is 0.359 bits per heavy atom. The maximum atomic E-state index is 9.49. The van der Waals surface area contributed by atoms with Crippen molar-refractivity contribution in [3.05, 3.63) is 206 Å². The minimum absolute atomic E-state index is 0.164. The van der Waals surface area contributed by atoms with Crippen LogP contribution in [0.1, 0.15) is 21.9 Å². The summed E-state index contributed by atoms with van der Waals surface area (Å²) in [4.78, 5) is 15.5. The summed E-state index contributed by atoms with van der Waals surface area (Å²) in [6.07, 6.45) is 0. The summed E-state index contributed by atoms with van der Waals surface area (Å²) >= 11 is 1.60. The van der Waals surface area contributed by atoms with Crippen LogP contribution in [-0.4, -0.2) is 28.7 Å². The molecule has 6 nitrogen and oxygen atoms in total. The van der Waals surface area contributed by atoms with Crippen molar-refractivity contribution in [2.24, 2.45) is 0 Å². The second-order valence-electron chi connectivity index (χ2n) is 15.2. The minimum atomic E-state index is -0.708. The molecule has 0 aliphatic carbocycles. The van der Waals surface area contributed by atoms with Crippen LogP contribution in [0.25, 0.3) is 126 Å². The fraction of sp³-hybridized carbons (Fsp3) is 0. The minimum Gasteiger partial charge on any atom is -0.308 e. The molecule has 298 valence electrons. The molecule has 0 aliphatic rings. The molecule has 5 aromatic heterocycles. The zero-order valence-electron chi connectivity index (χ0n) is 49.0. The molecule has 0 saturated carbocycles. The van der Waals surface area contributed by atoms with Crippen LogP contribution in [0.2, 0.25) is 0 Å². The number of benzene rings is 9. The predicted octanol–water partition coefficient (Wildman–Crippen LogP) is 14.9. The number of para-hydroxylation sites is 6. The van der Waals surface area contributed by atoms with Crippen molar-refractivity contribution in [1.29, 1.82) is 0 Å². The standard InChI is InChI=1S/C57H34N6S/c1-8-26-44-35(17-1)36-18-2-9-27-45(36)61(44)50-32-15-24-42(41-25-16-34-52-53(41)43-23-7-14-33-51(43)64-52)54(50)55-58-56(62-46-28-10-3-19-37(46)38-20-4-11-29-47(38)62)60-57(59-55)63-48-30-12-5-21-39(48)40-22-6-13-31-49(40)63/h1-34H/i3D,4D,5D,6D,10D,11D,12D,13D,19D,20D,21D,22D,28D,29D,30D,31D. The molecule has 0 spiro atoms. The van der Waals surface area contributed by atoms with Gasteiger partial charge in [-0.2, -0.15) is 15.0 Å². The first kappa shape index (κ1) is 23.2. The molecular weight excluding hydrogens is 801 g/mol. The van der Waals surface area contributed by atoms with Crippen LogP contribution in [0, 0.1) is 0 Å². The Morgan fingerprint density at radius 2 is 0.812 bits per heavy atom. The van der Waals surface area contributed by atoms with Gasteiger partial charge in [-0.25, -0.2) is 0 Å². The molecule has 0 amide bonds. The third-order valence-corrected chi connectivity index (χ3v) is 13.0. The predicted molar refractivity (Wildman–Crippen MR) is 267 cm³/mol. The van der Waals surface area contributed by atoms with E-state index in [1.54, 1.807) is 11.3 Å². The summed E-state index contributed by atoms with van der Waals surface area (Å²) in [5, 5.41) is 2.57. The molecule has 0 radical (unpaired) electrons. The molecule has 0 fully saturated rings. The van der Waals surface area contributed by atoms with Gasteiger partial charge < -0.3 is 4.57 Å². The third-order valence-electron chi connectivity index (χ3n) is 11.9. The summed E-state index contributed by atoms with van der Waals surface area (Å²) < 4.78 is 152. The number of aromatic nitrogens is 6. The van der Waals surface area contributed by atoms with E-state index < -0.39 is 109 Å². The zero-order chi connectivity index (χ0) is 55.8. The van der Waals surface area contributed by atoms with Crippen LogP contribution in [-0.2, 0) is 0 Å². The Bertz CT molecular complexity index is 4790. The van der Waals surface area contributed by atoms with Crippen molar-refractivity contribution in [2.75, 3.05) is 0 Å². The number of thiophene rings is 1. The first-order valence-corrected chi connectivity index (χ1v) is 21.0. The van der Waals surface area contributed by atoms with E-state index in [4.69, 9.17) is 25.9 Å². The van der Waals surface area contributed by atoms with Crippen molar-refractivity contribution in [2.45, 2.75) is 0 Å². The van der Waals surface area contributed by atoms with Crippen LogP contribution >= 0.6 is 11.3 Å². The number of nitrogens with zero attached hydrogens (tertiary/aromatic N) is 6. The van der Waals surface area contributed by atoms with Crippen molar-refractivity contribution in [3.63, 3.8) is 0 Å². The summed E-state index contributed by atoms with van der Waals surface area (Å²) in [5.74, 6) is -1.14. The van der Waals surface area contributed by atoms with Gasteiger partial charge in [-0.15, -0.1) is 11.3 Å². The Hall–Kier alpha value is -8.39. The van der Waals surface area contributed by atoms with Crippen LogP contribution in [0.15, 0.2) is 206 Å². The van der Waals surface area contributed by atoms with E-state index in [1.165, 1.54) is 0 Å². The van der Waals surface area contributed by atoms with Gasteiger partial charge in [-0.3, -0.25) is 9.13 Å². The van der Waals surface area contributed by atoms with Gasteiger partial charge in [0.15, 0.2) is 5.82 Å². The van der Waals surface area contributed by atoms with E-state index in [9.17, 15) is 11.0 Å². The number of hydrogen-bond donors (Lipinski definition) is 0. The van der Waals surface area contributed by atoms with Gasteiger partial charge in [0.25, 0.3) is 0 Å². The number of rotatable bonds is 5. The first-order valence-electron chi connectivity index (χ1n) is 28.2. The quantitative estimate of drug-likeness (QED) is 0.173. The molecule has 0 saturated heterocycles. The second-order valence-corrected chi connectivity index (χ2v) is 16.3. The van der Waals surface area contributed by atoms with E-state index >= 15 is 0 Å².